The van der Waals surface area contributed by atoms with E-state index >= 15 is 0 Å². The molecule has 2 amide bonds. The number of fused-ring (bicyclic) bond motifs is 1. The maximum Gasteiger partial charge on any atom is 0.240 e. The Labute approximate surface area is 165 Å². The van der Waals surface area contributed by atoms with Crippen molar-refractivity contribution in [3.8, 4) is 6.07 Å². The Balaban J connectivity index is 1.62. The zero-order valence-electron chi connectivity index (χ0n) is 16.7. The number of para-hydroxylation sites is 1. The number of likely N-dealkylation sites (N-methyl/N-ethyl adjacent to an activating group) is 1. The lowest BCUT2D eigenvalue weighted by molar-refractivity contribution is -0.123. The first kappa shape index (κ1) is 19.9. The third-order valence-electron chi connectivity index (χ3n) is 5.86. The van der Waals surface area contributed by atoms with Crippen molar-refractivity contribution in [3.05, 3.63) is 35.5 Å². The predicted octanol–water partition coefficient (Wildman–Crippen LogP) is 1.54. The van der Waals surface area contributed by atoms with Gasteiger partial charge in [0.2, 0.25) is 11.8 Å². The first-order valence-electron chi connectivity index (χ1n) is 9.63. The van der Waals surface area contributed by atoms with Crippen LogP contribution in [0.15, 0.2) is 24.3 Å². The van der Waals surface area contributed by atoms with Crippen molar-refractivity contribution in [1.29, 1.82) is 5.26 Å². The third kappa shape index (κ3) is 3.87. The SMILES string of the molecule is CNC(=O)C[C@H]1CC[C@@H](CNC(=O)Cn2c(C)c(C#N)c3ccccc32)N1C. The van der Waals surface area contributed by atoms with Crippen LogP contribution in [0.5, 0.6) is 0 Å². The van der Waals surface area contributed by atoms with Crippen LogP contribution in [0, 0.1) is 18.3 Å². The first-order valence-corrected chi connectivity index (χ1v) is 9.63. The fourth-order valence-electron chi connectivity index (χ4n) is 4.11. The summed E-state index contributed by atoms with van der Waals surface area (Å²) in [6, 6.07) is 10.4. The van der Waals surface area contributed by atoms with Gasteiger partial charge in [-0.25, -0.2) is 0 Å². The fourth-order valence-corrected chi connectivity index (χ4v) is 4.11. The zero-order valence-corrected chi connectivity index (χ0v) is 16.7. The van der Waals surface area contributed by atoms with Crippen LogP contribution >= 0.6 is 0 Å². The minimum atomic E-state index is -0.0727. The predicted molar refractivity (Wildman–Crippen MR) is 108 cm³/mol. The number of carbonyl (C=O) groups is 2. The Morgan fingerprint density at radius 2 is 1.93 bits per heavy atom. The van der Waals surface area contributed by atoms with Crippen molar-refractivity contribution in [1.82, 2.24) is 20.1 Å². The third-order valence-corrected chi connectivity index (χ3v) is 5.86. The monoisotopic (exact) mass is 381 g/mol. The highest BCUT2D eigenvalue weighted by atomic mass is 16.2. The summed E-state index contributed by atoms with van der Waals surface area (Å²) in [5, 5.41) is 16.0. The van der Waals surface area contributed by atoms with E-state index in [1.54, 1.807) is 7.05 Å². The molecule has 1 aliphatic rings. The molecule has 1 aromatic carbocycles. The van der Waals surface area contributed by atoms with Crippen molar-refractivity contribution >= 4 is 22.7 Å². The van der Waals surface area contributed by atoms with Crippen molar-refractivity contribution in [3.63, 3.8) is 0 Å². The average molecular weight is 381 g/mol. The summed E-state index contributed by atoms with van der Waals surface area (Å²) in [4.78, 5) is 26.4. The van der Waals surface area contributed by atoms with Crippen molar-refractivity contribution in [2.75, 3.05) is 20.6 Å². The first-order chi connectivity index (χ1) is 13.5. The second kappa shape index (κ2) is 8.44. The number of nitrogens with zero attached hydrogens (tertiary/aromatic N) is 3. The number of amides is 2. The lowest BCUT2D eigenvalue weighted by Crippen LogP contribution is -2.42. The second-order valence-electron chi connectivity index (χ2n) is 7.41. The molecule has 2 atom stereocenters. The molecule has 148 valence electrons. The number of nitriles is 1. The fraction of sp³-hybridized carbons (Fsp3) is 0.476. The number of hydrogen-bond acceptors (Lipinski definition) is 4. The van der Waals surface area contributed by atoms with Crippen LogP contribution in [0.25, 0.3) is 10.9 Å². The molecule has 0 saturated carbocycles. The normalized spacial score (nSPS) is 19.5. The molecule has 1 aliphatic heterocycles. The largest absolute Gasteiger partial charge is 0.359 e. The molecule has 0 unspecified atom stereocenters. The van der Waals surface area contributed by atoms with Gasteiger partial charge in [0.05, 0.1) is 11.1 Å². The van der Waals surface area contributed by atoms with Gasteiger partial charge >= 0.3 is 0 Å². The van der Waals surface area contributed by atoms with Gasteiger partial charge < -0.3 is 15.2 Å². The van der Waals surface area contributed by atoms with E-state index in [0.29, 0.717) is 18.5 Å². The summed E-state index contributed by atoms with van der Waals surface area (Å²) in [6.45, 7) is 2.62. The highest BCUT2D eigenvalue weighted by molar-refractivity contribution is 5.89. The maximum atomic E-state index is 12.6. The molecule has 0 aliphatic carbocycles. The van der Waals surface area contributed by atoms with E-state index in [2.05, 4.69) is 21.6 Å². The number of carbonyl (C=O) groups excluding carboxylic acids is 2. The second-order valence-corrected chi connectivity index (χ2v) is 7.41. The van der Waals surface area contributed by atoms with E-state index in [1.807, 2.05) is 42.8 Å². The summed E-state index contributed by atoms with van der Waals surface area (Å²) in [7, 11) is 3.67. The summed E-state index contributed by atoms with van der Waals surface area (Å²) in [5.41, 5.74) is 2.33. The zero-order chi connectivity index (χ0) is 20.3. The van der Waals surface area contributed by atoms with Crippen LogP contribution in [-0.2, 0) is 16.1 Å². The van der Waals surface area contributed by atoms with Crippen molar-refractivity contribution in [2.24, 2.45) is 0 Å². The van der Waals surface area contributed by atoms with Crippen molar-refractivity contribution in [2.45, 2.75) is 44.8 Å². The maximum absolute atomic E-state index is 12.6. The Hall–Kier alpha value is -2.85. The van der Waals surface area contributed by atoms with Gasteiger partial charge in [-0.1, -0.05) is 18.2 Å². The smallest absolute Gasteiger partial charge is 0.240 e. The van der Waals surface area contributed by atoms with Crippen LogP contribution in [0.3, 0.4) is 0 Å². The lowest BCUT2D eigenvalue weighted by Gasteiger charge is -2.25. The van der Waals surface area contributed by atoms with E-state index in [4.69, 9.17) is 0 Å². The molecule has 3 rings (SSSR count). The van der Waals surface area contributed by atoms with E-state index < -0.39 is 0 Å². The standard InChI is InChI=1S/C21H27N5O2/c1-14-18(11-22)17-6-4-5-7-19(17)26(14)13-21(28)24-12-16-9-8-15(25(16)3)10-20(27)23-2/h4-7,15-16H,8-10,12-13H2,1-3H3,(H,23,27)(H,24,28)/t15-,16+/m1/s1. The molecule has 0 spiro atoms. The van der Waals surface area contributed by atoms with Gasteiger partial charge in [-0.15, -0.1) is 0 Å². The Bertz CT molecular complexity index is 927. The molecule has 2 heterocycles. The van der Waals surface area contributed by atoms with E-state index in [9.17, 15) is 14.9 Å². The molecule has 1 aromatic heterocycles. The molecular weight excluding hydrogens is 354 g/mol. The minimum absolute atomic E-state index is 0.0461. The van der Waals surface area contributed by atoms with Crippen molar-refractivity contribution < 1.29 is 9.59 Å². The van der Waals surface area contributed by atoms with Crippen LogP contribution in [-0.4, -0.2) is 54.0 Å². The summed E-state index contributed by atoms with van der Waals surface area (Å²) >= 11 is 0. The van der Waals surface area contributed by atoms with Gasteiger partial charge in [-0.2, -0.15) is 5.26 Å². The number of aromatic nitrogens is 1. The van der Waals surface area contributed by atoms with Gasteiger partial charge in [0.15, 0.2) is 0 Å². The molecule has 1 fully saturated rings. The minimum Gasteiger partial charge on any atom is -0.359 e. The number of benzene rings is 1. The molecule has 2 aromatic rings. The quantitative estimate of drug-likeness (QED) is 0.794. The number of hydrogen-bond donors (Lipinski definition) is 2. The highest BCUT2D eigenvalue weighted by Gasteiger charge is 2.31. The molecule has 0 radical (unpaired) electrons. The van der Waals surface area contributed by atoms with Gasteiger partial charge in [0.25, 0.3) is 0 Å². The molecule has 7 nitrogen and oxygen atoms in total. The van der Waals surface area contributed by atoms with Crippen LogP contribution in [0.1, 0.15) is 30.5 Å². The highest BCUT2D eigenvalue weighted by Crippen LogP contribution is 2.26. The molecule has 28 heavy (non-hydrogen) atoms. The van der Waals surface area contributed by atoms with E-state index in [-0.39, 0.29) is 30.4 Å². The van der Waals surface area contributed by atoms with Gasteiger partial charge in [0.1, 0.15) is 12.6 Å². The van der Waals surface area contributed by atoms with E-state index in [0.717, 1.165) is 29.4 Å². The molecule has 2 N–H and O–H groups in total. The van der Waals surface area contributed by atoms with Crippen LogP contribution < -0.4 is 10.6 Å². The van der Waals surface area contributed by atoms with Crippen LogP contribution in [0.4, 0.5) is 0 Å². The average Bonchev–Trinajstić information content (AvgIpc) is 3.17. The Morgan fingerprint density at radius 1 is 1.21 bits per heavy atom. The molecular formula is C21H27N5O2. The Kier molecular flexibility index (Phi) is 6.00. The van der Waals surface area contributed by atoms with E-state index in [1.165, 1.54) is 0 Å². The topological polar surface area (TPSA) is 90.2 Å². The number of rotatable bonds is 6. The number of nitrogens with one attached hydrogen (secondary N) is 2. The van der Waals surface area contributed by atoms with Gasteiger partial charge in [-0.05, 0) is 32.9 Å². The summed E-state index contributed by atoms with van der Waals surface area (Å²) in [5.74, 6) is -0.0266. The Morgan fingerprint density at radius 3 is 2.64 bits per heavy atom. The molecule has 1 saturated heterocycles. The summed E-state index contributed by atoms with van der Waals surface area (Å²) < 4.78 is 1.90. The molecule has 7 heteroatoms. The number of likely N-dealkylation sites (tertiary alicyclic amines) is 1. The lowest BCUT2D eigenvalue weighted by atomic mass is 10.1. The van der Waals surface area contributed by atoms with Gasteiger partial charge in [0, 0.05) is 43.2 Å². The van der Waals surface area contributed by atoms with Crippen LogP contribution in [0.2, 0.25) is 0 Å². The molecule has 0 bridgehead atoms. The summed E-state index contributed by atoms with van der Waals surface area (Å²) in [6.07, 6.45) is 2.41. The van der Waals surface area contributed by atoms with Gasteiger partial charge in [-0.3, -0.25) is 14.5 Å².